The van der Waals surface area contributed by atoms with Crippen molar-refractivity contribution >= 4 is 16.5 Å². The zero-order valence-electron chi connectivity index (χ0n) is 13.0. The quantitative estimate of drug-likeness (QED) is 0.693. The highest BCUT2D eigenvalue weighted by Gasteiger charge is 2.13. The highest BCUT2D eigenvalue weighted by molar-refractivity contribution is 7.15. The summed E-state index contributed by atoms with van der Waals surface area (Å²) in [6, 6.07) is 0. The first-order valence-electron chi connectivity index (χ1n) is 7.14. The van der Waals surface area contributed by atoms with Gasteiger partial charge in [-0.1, -0.05) is 24.7 Å². The Bertz CT molecular complexity index is 376. The maximum absolute atomic E-state index is 9.07. The molecule has 20 heavy (non-hydrogen) atoms. The molecule has 1 aromatic rings. The molecular weight excluding hydrogens is 274 g/mol. The van der Waals surface area contributed by atoms with Gasteiger partial charge in [-0.15, -0.1) is 0 Å². The number of aromatic nitrogens is 1. The largest absolute Gasteiger partial charge is 0.480 e. The van der Waals surface area contributed by atoms with E-state index in [9.17, 15) is 0 Å². The van der Waals surface area contributed by atoms with Crippen LogP contribution in [0.3, 0.4) is 0 Å². The van der Waals surface area contributed by atoms with Crippen LogP contribution in [0.25, 0.3) is 0 Å². The van der Waals surface area contributed by atoms with Gasteiger partial charge in [0.05, 0.1) is 12.0 Å². The number of ether oxygens (including phenoxy) is 1. The van der Waals surface area contributed by atoms with E-state index in [1.165, 1.54) is 0 Å². The number of thiazole rings is 1. The molecule has 0 aromatic carbocycles. The second-order valence-corrected chi connectivity index (χ2v) is 6.18. The van der Waals surface area contributed by atoms with Gasteiger partial charge in [-0.05, 0) is 25.3 Å². The zero-order chi connectivity index (χ0) is 15.0. The standard InChI is InChI=1S/C14H27N3O2S/c1-5-6-11(7-8-18)9-15-10-12-13(19-4)16-14(20-12)17(2)3/h11,15,18H,5-10H2,1-4H3. The second-order valence-electron chi connectivity index (χ2n) is 5.12. The molecule has 0 fully saturated rings. The minimum atomic E-state index is 0.265. The van der Waals surface area contributed by atoms with Crippen molar-refractivity contribution in [1.29, 1.82) is 0 Å². The minimum absolute atomic E-state index is 0.265. The van der Waals surface area contributed by atoms with E-state index in [4.69, 9.17) is 9.84 Å². The number of nitrogens with one attached hydrogen (secondary N) is 1. The van der Waals surface area contributed by atoms with Gasteiger partial charge in [0.15, 0.2) is 5.13 Å². The van der Waals surface area contributed by atoms with Gasteiger partial charge >= 0.3 is 0 Å². The lowest BCUT2D eigenvalue weighted by molar-refractivity contribution is 0.248. The van der Waals surface area contributed by atoms with Crippen LogP contribution in [0, 0.1) is 5.92 Å². The number of hydrogen-bond donors (Lipinski definition) is 2. The first kappa shape index (κ1) is 17.2. The van der Waals surface area contributed by atoms with Gasteiger partial charge in [-0.3, -0.25) is 0 Å². The van der Waals surface area contributed by atoms with Crippen molar-refractivity contribution in [2.75, 3.05) is 39.3 Å². The van der Waals surface area contributed by atoms with Gasteiger partial charge in [-0.2, -0.15) is 4.98 Å². The fourth-order valence-corrected chi connectivity index (χ4v) is 3.04. The Balaban J connectivity index is 2.51. The summed E-state index contributed by atoms with van der Waals surface area (Å²) in [6.45, 7) is 4.13. The van der Waals surface area contributed by atoms with E-state index < -0.39 is 0 Å². The van der Waals surface area contributed by atoms with Crippen LogP contribution in [0.5, 0.6) is 5.88 Å². The Morgan fingerprint density at radius 2 is 2.15 bits per heavy atom. The molecule has 6 heteroatoms. The average molecular weight is 301 g/mol. The van der Waals surface area contributed by atoms with Gasteiger partial charge in [0, 0.05) is 27.2 Å². The van der Waals surface area contributed by atoms with E-state index >= 15 is 0 Å². The number of methoxy groups -OCH3 is 1. The van der Waals surface area contributed by atoms with Crippen LogP contribution in [-0.4, -0.2) is 44.4 Å². The van der Waals surface area contributed by atoms with Gasteiger partial charge in [-0.25, -0.2) is 0 Å². The van der Waals surface area contributed by atoms with E-state index in [2.05, 4.69) is 17.2 Å². The number of aliphatic hydroxyl groups excluding tert-OH is 1. The number of nitrogens with zero attached hydrogens (tertiary/aromatic N) is 2. The third-order valence-corrected chi connectivity index (χ3v) is 4.38. The molecule has 0 aliphatic heterocycles. The molecule has 5 nitrogen and oxygen atoms in total. The van der Waals surface area contributed by atoms with Crippen LogP contribution < -0.4 is 15.0 Å². The molecule has 0 aliphatic carbocycles. The highest BCUT2D eigenvalue weighted by atomic mass is 32.1. The molecule has 0 saturated heterocycles. The highest BCUT2D eigenvalue weighted by Crippen LogP contribution is 2.30. The predicted octanol–water partition coefficient (Wildman–Crippen LogP) is 2.11. The van der Waals surface area contributed by atoms with E-state index in [1.807, 2.05) is 19.0 Å². The monoisotopic (exact) mass is 301 g/mol. The Kier molecular flexibility index (Phi) is 7.87. The number of anilines is 1. The topological polar surface area (TPSA) is 57.6 Å². The van der Waals surface area contributed by atoms with Crippen LogP contribution in [0.4, 0.5) is 5.13 Å². The van der Waals surface area contributed by atoms with Crippen molar-refractivity contribution in [3.8, 4) is 5.88 Å². The molecule has 116 valence electrons. The lowest BCUT2D eigenvalue weighted by atomic mass is 10.0. The summed E-state index contributed by atoms with van der Waals surface area (Å²) in [5.74, 6) is 1.25. The van der Waals surface area contributed by atoms with Gasteiger partial charge in [0.25, 0.3) is 0 Å². The van der Waals surface area contributed by atoms with Crippen molar-refractivity contribution < 1.29 is 9.84 Å². The third-order valence-electron chi connectivity index (χ3n) is 3.18. The molecule has 2 N–H and O–H groups in total. The van der Waals surface area contributed by atoms with E-state index in [0.29, 0.717) is 11.8 Å². The molecule has 0 spiro atoms. The molecular formula is C14H27N3O2S. The normalized spacial score (nSPS) is 12.4. The Labute approximate surface area is 126 Å². The number of hydrogen-bond acceptors (Lipinski definition) is 6. The molecule has 0 aliphatic rings. The van der Waals surface area contributed by atoms with E-state index in [0.717, 1.165) is 42.4 Å². The summed E-state index contributed by atoms with van der Waals surface area (Å²) in [5.41, 5.74) is 0. The molecule has 1 rings (SSSR count). The van der Waals surface area contributed by atoms with Gasteiger partial charge in [0.1, 0.15) is 0 Å². The maximum Gasteiger partial charge on any atom is 0.230 e. The van der Waals surface area contributed by atoms with Crippen LogP contribution in [0.15, 0.2) is 0 Å². The summed E-state index contributed by atoms with van der Waals surface area (Å²) in [6.07, 6.45) is 3.17. The number of aliphatic hydroxyl groups is 1. The van der Waals surface area contributed by atoms with Gasteiger partial charge in [0.2, 0.25) is 5.88 Å². The van der Waals surface area contributed by atoms with Crippen molar-refractivity contribution in [2.24, 2.45) is 5.92 Å². The predicted molar refractivity (Wildman–Crippen MR) is 84.8 cm³/mol. The fraction of sp³-hybridized carbons (Fsp3) is 0.786. The van der Waals surface area contributed by atoms with Gasteiger partial charge < -0.3 is 20.1 Å². The SMILES string of the molecule is CCCC(CCO)CNCc1sc(N(C)C)nc1OC. The second kappa shape index (κ2) is 9.15. The smallest absolute Gasteiger partial charge is 0.230 e. The molecule has 0 bridgehead atoms. The summed E-state index contributed by atoms with van der Waals surface area (Å²) in [4.78, 5) is 7.55. The minimum Gasteiger partial charge on any atom is -0.480 e. The van der Waals surface area contributed by atoms with Crippen LogP contribution in [0.2, 0.25) is 0 Å². The average Bonchev–Trinajstić information content (AvgIpc) is 2.83. The molecule has 1 atom stereocenters. The van der Waals surface area contributed by atoms with E-state index in [-0.39, 0.29) is 6.61 Å². The van der Waals surface area contributed by atoms with Crippen LogP contribution in [-0.2, 0) is 6.54 Å². The lowest BCUT2D eigenvalue weighted by Gasteiger charge is -2.15. The molecule has 0 saturated carbocycles. The van der Waals surface area contributed by atoms with Crippen molar-refractivity contribution in [3.63, 3.8) is 0 Å². The van der Waals surface area contributed by atoms with Crippen molar-refractivity contribution in [3.05, 3.63) is 4.88 Å². The Hall–Kier alpha value is -0.850. The van der Waals surface area contributed by atoms with Crippen LogP contribution >= 0.6 is 11.3 Å². The summed E-state index contributed by atoms with van der Waals surface area (Å²) >= 11 is 1.65. The molecule has 1 aromatic heterocycles. The Morgan fingerprint density at radius 1 is 1.40 bits per heavy atom. The molecule has 1 unspecified atom stereocenters. The first-order valence-corrected chi connectivity index (χ1v) is 7.96. The third kappa shape index (κ3) is 5.26. The van der Waals surface area contributed by atoms with Crippen LogP contribution in [0.1, 0.15) is 31.1 Å². The van der Waals surface area contributed by atoms with Crippen molar-refractivity contribution in [1.82, 2.24) is 10.3 Å². The zero-order valence-corrected chi connectivity index (χ0v) is 13.8. The fourth-order valence-electron chi connectivity index (χ4n) is 2.12. The Morgan fingerprint density at radius 3 is 2.70 bits per heavy atom. The molecule has 0 amide bonds. The van der Waals surface area contributed by atoms with Crippen molar-refractivity contribution in [2.45, 2.75) is 32.7 Å². The summed E-state index contributed by atoms with van der Waals surface area (Å²) in [7, 11) is 5.62. The maximum atomic E-state index is 9.07. The molecule has 1 heterocycles. The van der Waals surface area contributed by atoms with E-state index in [1.54, 1.807) is 18.4 Å². The summed E-state index contributed by atoms with van der Waals surface area (Å²) in [5, 5.41) is 13.5. The lowest BCUT2D eigenvalue weighted by Crippen LogP contribution is -2.23. The number of rotatable bonds is 10. The first-order chi connectivity index (χ1) is 9.62. The molecule has 0 radical (unpaired) electrons. The summed E-state index contributed by atoms with van der Waals surface area (Å²) < 4.78 is 5.32.